The van der Waals surface area contributed by atoms with Crippen molar-refractivity contribution in [1.82, 2.24) is 10.4 Å². The lowest BCUT2D eigenvalue weighted by Crippen LogP contribution is -2.57. The Balaban J connectivity index is 2.32. The number of carbonyl (C=O) groups is 1. The normalized spacial score (nSPS) is 20.4. The Morgan fingerprint density at radius 3 is 2.48 bits per heavy atom. The first-order valence-electron chi connectivity index (χ1n) is 6.50. The van der Waals surface area contributed by atoms with Gasteiger partial charge in [0.05, 0.1) is 0 Å². The highest BCUT2D eigenvalue weighted by molar-refractivity contribution is 9.10. The third-order valence-electron chi connectivity index (χ3n) is 3.55. The number of nitrogens with one attached hydrogen (secondary N) is 1. The van der Waals surface area contributed by atoms with Crippen LogP contribution in [0.25, 0.3) is 0 Å². The summed E-state index contributed by atoms with van der Waals surface area (Å²) in [6.45, 7) is 3.26. The third-order valence-corrected chi connectivity index (χ3v) is 4.32. The number of rotatable bonds is 3. The average Bonchev–Trinajstić information content (AvgIpc) is 2.59. The lowest BCUT2D eigenvalue weighted by Gasteiger charge is -2.37. The Morgan fingerprint density at radius 1 is 1.38 bits per heavy atom. The number of halogens is 4. The summed E-state index contributed by atoms with van der Waals surface area (Å²) < 4.78 is 41.0. The molecule has 0 unspecified atom stereocenters. The number of hydrazine groups is 1. The molecule has 0 bridgehead atoms. The van der Waals surface area contributed by atoms with E-state index in [-0.39, 0.29) is 18.7 Å². The first kappa shape index (κ1) is 16.3. The van der Waals surface area contributed by atoms with E-state index in [2.05, 4.69) is 21.4 Å². The molecule has 1 heterocycles. The molecule has 1 aliphatic rings. The molecular weight excluding hydrogens is 349 g/mol. The van der Waals surface area contributed by atoms with Crippen molar-refractivity contribution < 1.29 is 18.0 Å². The van der Waals surface area contributed by atoms with Crippen molar-refractivity contribution in [3.8, 4) is 0 Å². The zero-order valence-electron chi connectivity index (χ0n) is 11.7. The number of nitrogens with zero attached hydrogens (tertiary/aromatic N) is 1. The number of hydrogen-bond acceptors (Lipinski definition) is 2. The van der Waals surface area contributed by atoms with Gasteiger partial charge in [-0.3, -0.25) is 10.2 Å². The van der Waals surface area contributed by atoms with Crippen LogP contribution in [0, 0.1) is 0 Å². The van der Waals surface area contributed by atoms with E-state index in [0.29, 0.717) is 10.0 Å². The maximum atomic E-state index is 13.5. The van der Waals surface area contributed by atoms with Crippen LogP contribution in [0.5, 0.6) is 0 Å². The second kappa shape index (κ2) is 5.61. The molecule has 0 aliphatic carbocycles. The lowest BCUT2D eigenvalue weighted by molar-refractivity contribution is -0.200. The van der Waals surface area contributed by atoms with E-state index in [4.69, 9.17) is 0 Å². The first-order chi connectivity index (χ1) is 9.61. The number of alkyl halides is 3. The molecule has 3 nitrogen and oxygen atoms in total. The van der Waals surface area contributed by atoms with Gasteiger partial charge in [0.1, 0.15) is 6.04 Å². The highest BCUT2D eigenvalue weighted by atomic mass is 79.9. The lowest BCUT2D eigenvalue weighted by atomic mass is 9.97. The summed E-state index contributed by atoms with van der Waals surface area (Å²) in [4.78, 5) is 11.5. The number of hydrogen-bond donors (Lipinski definition) is 1. The fourth-order valence-electron chi connectivity index (χ4n) is 2.53. The monoisotopic (exact) mass is 364 g/mol. The maximum Gasteiger partial charge on any atom is 0.406 e. The molecule has 116 valence electrons. The van der Waals surface area contributed by atoms with Crippen molar-refractivity contribution in [3.05, 3.63) is 34.3 Å². The molecule has 1 aliphatic heterocycles. The van der Waals surface area contributed by atoms with Crippen molar-refractivity contribution in [1.29, 1.82) is 0 Å². The van der Waals surface area contributed by atoms with Crippen LogP contribution in [0.15, 0.2) is 28.7 Å². The Kier molecular flexibility index (Phi) is 4.35. The number of benzene rings is 1. The number of carbonyl (C=O) groups excluding carboxylic acids is 1. The highest BCUT2D eigenvalue weighted by Crippen LogP contribution is 2.35. The highest BCUT2D eigenvalue weighted by Gasteiger charge is 2.52. The molecule has 1 aromatic carbocycles. The van der Waals surface area contributed by atoms with Gasteiger partial charge in [0.15, 0.2) is 0 Å². The second-order valence-electron chi connectivity index (χ2n) is 5.75. The van der Waals surface area contributed by atoms with Crippen molar-refractivity contribution in [3.63, 3.8) is 0 Å². The zero-order chi connectivity index (χ0) is 15.8. The van der Waals surface area contributed by atoms with Gasteiger partial charge >= 0.3 is 6.18 Å². The van der Waals surface area contributed by atoms with E-state index in [1.165, 1.54) is 0 Å². The zero-order valence-corrected chi connectivity index (χ0v) is 13.3. The second-order valence-corrected chi connectivity index (χ2v) is 6.60. The van der Waals surface area contributed by atoms with Gasteiger partial charge in [-0.15, -0.1) is 0 Å². The quantitative estimate of drug-likeness (QED) is 0.890. The van der Waals surface area contributed by atoms with Crippen LogP contribution >= 0.6 is 15.9 Å². The summed E-state index contributed by atoms with van der Waals surface area (Å²) in [5.74, 6) is -0.388. The van der Waals surface area contributed by atoms with Crippen molar-refractivity contribution in [2.24, 2.45) is 0 Å². The van der Waals surface area contributed by atoms with Crippen LogP contribution in [-0.2, 0) is 11.2 Å². The van der Waals surface area contributed by atoms with Gasteiger partial charge in [-0.1, -0.05) is 34.1 Å². The predicted octanol–water partition coefficient (Wildman–Crippen LogP) is 3.44. The summed E-state index contributed by atoms with van der Waals surface area (Å²) in [6, 6.07) is 5.03. The average molecular weight is 365 g/mol. The fraction of sp³-hybridized carbons (Fsp3) is 0.500. The Hall–Kier alpha value is -1.08. The van der Waals surface area contributed by atoms with E-state index in [1.54, 1.807) is 38.1 Å². The Morgan fingerprint density at radius 2 is 2.00 bits per heavy atom. The maximum absolute atomic E-state index is 13.5. The molecule has 1 fully saturated rings. The Labute approximate surface area is 129 Å². The molecule has 1 aromatic rings. The standard InChI is InChI=1S/C14H16BrF3N2O/c1-13(2)8-12(21)19-20(13)11(14(16,17)18)7-9-5-3-4-6-10(9)15/h3-6,11H,7-8H2,1-2H3,(H,19,21)/t11-/m0/s1. The van der Waals surface area contributed by atoms with Gasteiger partial charge in [-0.25, -0.2) is 5.01 Å². The SMILES string of the molecule is CC1(C)CC(=O)NN1[C@@H](Cc1ccccc1Br)C(F)(F)F. The molecule has 0 radical (unpaired) electrons. The summed E-state index contributed by atoms with van der Waals surface area (Å²) in [5, 5.41) is 1.04. The summed E-state index contributed by atoms with van der Waals surface area (Å²) in [7, 11) is 0. The molecule has 0 spiro atoms. The largest absolute Gasteiger partial charge is 0.406 e. The smallest absolute Gasteiger partial charge is 0.288 e. The minimum atomic E-state index is -4.44. The molecule has 1 N–H and O–H groups in total. The molecular formula is C14H16BrF3N2O. The van der Waals surface area contributed by atoms with Gasteiger partial charge in [0.2, 0.25) is 5.91 Å². The molecule has 1 saturated heterocycles. The summed E-state index contributed by atoms with van der Waals surface area (Å²) >= 11 is 3.27. The molecule has 1 amide bonds. The van der Waals surface area contributed by atoms with Crippen molar-refractivity contribution >= 4 is 21.8 Å². The summed E-state index contributed by atoms with van der Waals surface area (Å²) in [6.07, 6.45) is -4.62. The molecule has 0 saturated carbocycles. The topological polar surface area (TPSA) is 32.3 Å². The van der Waals surface area contributed by atoms with Crippen LogP contribution < -0.4 is 5.43 Å². The molecule has 21 heavy (non-hydrogen) atoms. The van der Waals surface area contributed by atoms with Crippen LogP contribution in [0.3, 0.4) is 0 Å². The van der Waals surface area contributed by atoms with Gasteiger partial charge in [-0.2, -0.15) is 13.2 Å². The van der Waals surface area contributed by atoms with Crippen LogP contribution in [-0.4, -0.2) is 28.7 Å². The van der Waals surface area contributed by atoms with E-state index >= 15 is 0 Å². The van der Waals surface area contributed by atoms with E-state index in [1.807, 2.05) is 0 Å². The molecule has 2 rings (SSSR count). The Bertz CT molecular complexity index is 545. The minimum Gasteiger partial charge on any atom is -0.288 e. The molecule has 1 atom stereocenters. The van der Waals surface area contributed by atoms with Crippen molar-refractivity contribution in [2.75, 3.05) is 0 Å². The predicted molar refractivity (Wildman–Crippen MR) is 76.4 cm³/mol. The fourth-order valence-corrected chi connectivity index (χ4v) is 2.98. The molecule has 7 heteroatoms. The van der Waals surface area contributed by atoms with Gasteiger partial charge < -0.3 is 0 Å². The van der Waals surface area contributed by atoms with Gasteiger partial charge in [0, 0.05) is 16.4 Å². The third kappa shape index (κ3) is 3.58. The first-order valence-corrected chi connectivity index (χ1v) is 7.29. The van der Waals surface area contributed by atoms with E-state index < -0.39 is 17.8 Å². The van der Waals surface area contributed by atoms with Crippen LogP contribution in [0.1, 0.15) is 25.8 Å². The van der Waals surface area contributed by atoms with Crippen LogP contribution in [0.2, 0.25) is 0 Å². The minimum absolute atomic E-state index is 0.0511. The number of amides is 1. The molecule has 0 aromatic heterocycles. The van der Waals surface area contributed by atoms with E-state index in [0.717, 1.165) is 5.01 Å². The van der Waals surface area contributed by atoms with E-state index in [9.17, 15) is 18.0 Å². The summed E-state index contributed by atoms with van der Waals surface area (Å²) in [5.41, 5.74) is 2.03. The van der Waals surface area contributed by atoms with Crippen molar-refractivity contribution in [2.45, 2.75) is 44.4 Å². The van der Waals surface area contributed by atoms with Gasteiger partial charge in [0.25, 0.3) is 0 Å². The van der Waals surface area contributed by atoms with Crippen LogP contribution in [0.4, 0.5) is 13.2 Å². The van der Waals surface area contributed by atoms with Gasteiger partial charge in [-0.05, 0) is 31.9 Å².